The fourth-order valence-electron chi connectivity index (χ4n) is 4.02. The first-order valence-electron chi connectivity index (χ1n) is 11.8. The Balaban J connectivity index is 1.62. The first-order valence-corrected chi connectivity index (χ1v) is 11.8. The molecule has 0 atom stereocenters. The molecule has 4 rings (SSSR count). The Bertz CT molecular complexity index is 1400. The zero-order chi connectivity index (χ0) is 25.5. The van der Waals surface area contributed by atoms with Gasteiger partial charge in [0.25, 0.3) is 5.91 Å². The van der Waals surface area contributed by atoms with Gasteiger partial charge in [0.2, 0.25) is 5.91 Å². The average Bonchev–Trinajstić information content (AvgIpc) is 2.91. The van der Waals surface area contributed by atoms with Crippen molar-refractivity contribution in [2.75, 3.05) is 13.1 Å². The number of nitrogens with zero attached hydrogens (tertiary/aromatic N) is 2. The number of hydrogen-bond donors (Lipinski definition) is 0. The van der Waals surface area contributed by atoms with E-state index in [-0.39, 0.29) is 42.7 Å². The second-order valence-corrected chi connectivity index (χ2v) is 8.56. The molecule has 2 amide bonds. The lowest BCUT2D eigenvalue weighted by Crippen LogP contribution is -2.43. The van der Waals surface area contributed by atoms with Crippen molar-refractivity contribution in [3.63, 3.8) is 0 Å². The second-order valence-electron chi connectivity index (χ2n) is 8.56. The lowest BCUT2D eigenvalue weighted by atomic mass is 10.1. The van der Waals surface area contributed by atoms with Gasteiger partial charge in [0, 0.05) is 18.7 Å². The molecule has 0 aliphatic rings. The molecule has 0 bridgehead atoms. The molecule has 0 aliphatic heterocycles. The van der Waals surface area contributed by atoms with E-state index in [2.05, 4.69) is 0 Å². The molecule has 7 heteroatoms. The number of halogens is 1. The molecule has 0 saturated carbocycles. The fourth-order valence-corrected chi connectivity index (χ4v) is 4.02. The summed E-state index contributed by atoms with van der Waals surface area (Å²) in [5.41, 5.74) is 1.76. The lowest BCUT2D eigenvalue weighted by molar-refractivity contribution is -0.133. The second kappa shape index (κ2) is 11.4. The fraction of sp³-hybridized carbons (Fsp3) is 0.207. The normalized spacial score (nSPS) is 10.8. The third kappa shape index (κ3) is 5.86. The summed E-state index contributed by atoms with van der Waals surface area (Å²) >= 11 is 0. The molecular formula is C29H27FN2O4. The number of benzene rings is 3. The number of carbonyl (C=O) groups excluding carboxylic acids is 2. The summed E-state index contributed by atoms with van der Waals surface area (Å²) in [6, 6.07) is 21.6. The van der Waals surface area contributed by atoms with Crippen LogP contribution in [0.5, 0.6) is 0 Å². The quantitative estimate of drug-likeness (QED) is 0.333. The standard InChI is InChI=1S/C29H27FN2O4/c1-2-16-31(29(35)22-8-4-3-5-9-22)19-27(33)32(17-21-12-14-24(30)15-13-21)18-23-20-36-26-11-7-6-10-25(26)28(23)34/h3-15,20H,2,16-19H2,1H3. The van der Waals surface area contributed by atoms with Crippen molar-refractivity contribution >= 4 is 22.8 Å². The highest BCUT2D eigenvalue weighted by molar-refractivity contribution is 5.96. The van der Waals surface area contributed by atoms with E-state index in [1.54, 1.807) is 60.7 Å². The topological polar surface area (TPSA) is 70.8 Å². The van der Waals surface area contributed by atoms with Crippen LogP contribution in [0.15, 0.2) is 94.3 Å². The summed E-state index contributed by atoms with van der Waals surface area (Å²) in [6.07, 6.45) is 2.05. The van der Waals surface area contributed by atoms with Crippen LogP contribution in [0.4, 0.5) is 4.39 Å². The molecule has 0 spiro atoms. The van der Waals surface area contributed by atoms with Crippen LogP contribution in [-0.4, -0.2) is 34.7 Å². The molecule has 3 aromatic carbocycles. The Morgan fingerprint density at radius 1 is 0.861 bits per heavy atom. The molecular weight excluding hydrogens is 459 g/mol. The first kappa shape index (κ1) is 24.9. The monoisotopic (exact) mass is 486 g/mol. The summed E-state index contributed by atoms with van der Waals surface area (Å²) in [6.45, 7) is 2.32. The van der Waals surface area contributed by atoms with E-state index in [0.29, 0.717) is 40.6 Å². The van der Waals surface area contributed by atoms with Crippen molar-refractivity contribution in [2.24, 2.45) is 0 Å². The van der Waals surface area contributed by atoms with Crippen LogP contribution in [0.1, 0.15) is 34.8 Å². The molecule has 1 heterocycles. The minimum atomic E-state index is -0.380. The minimum Gasteiger partial charge on any atom is -0.464 e. The molecule has 0 unspecified atom stereocenters. The van der Waals surface area contributed by atoms with E-state index in [1.165, 1.54) is 28.2 Å². The molecule has 0 N–H and O–H groups in total. The predicted molar refractivity (Wildman–Crippen MR) is 136 cm³/mol. The van der Waals surface area contributed by atoms with E-state index in [1.807, 2.05) is 13.0 Å². The Hall–Kier alpha value is -4.26. The van der Waals surface area contributed by atoms with Crippen molar-refractivity contribution in [1.82, 2.24) is 9.80 Å². The summed E-state index contributed by atoms with van der Waals surface area (Å²) < 4.78 is 19.1. The first-order chi connectivity index (χ1) is 17.5. The molecule has 1 aromatic heterocycles. The van der Waals surface area contributed by atoms with Crippen LogP contribution in [0.3, 0.4) is 0 Å². The maximum Gasteiger partial charge on any atom is 0.254 e. The number of fused-ring (bicyclic) bond motifs is 1. The van der Waals surface area contributed by atoms with Gasteiger partial charge >= 0.3 is 0 Å². The van der Waals surface area contributed by atoms with Crippen LogP contribution in [0.2, 0.25) is 0 Å². The molecule has 36 heavy (non-hydrogen) atoms. The maximum absolute atomic E-state index is 13.5. The number of rotatable bonds is 9. The van der Waals surface area contributed by atoms with E-state index in [0.717, 1.165) is 0 Å². The van der Waals surface area contributed by atoms with Gasteiger partial charge < -0.3 is 14.2 Å². The summed E-state index contributed by atoms with van der Waals surface area (Å²) in [4.78, 5) is 42.7. The van der Waals surface area contributed by atoms with E-state index in [9.17, 15) is 18.8 Å². The van der Waals surface area contributed by atoms with Gasteiger partial charge in [-0.2, -0.15) is 0 Å². The summed E-state index contributed by atoms with van der Waals surface area (Å²) in [7, 11) is 0. The summed E-state index contributed by atoms with van der Waals surface area (Å²) in [5.74, 6) is -0.947. The number of amides is 2. The van der Waals surface area contributed by atoms with E-state index in [4.69, 9.17) is 4.42 Å². The lowest BCUT2D eigenvalue weighted by Gasteiger charge is -2.27. The zero-order valence-electron chi connectivity index (χ0n) is 20.0. The number of para-hydroxylation sites is 1. The molecule has 0 aliphatic carbocycles. The van der Waals surface area contributed by atoms with Crippen molar-refractivity contribution in [3.8, 4) is 0 Å². The third-order valence-electron chi connectivity index (χ3n) is 5.88. The highest BCUT2D eigenvalue weighted by Gasteiger charge is 2.23. The molecule has 184 valence electrons. The van der Waals surface area contributed by atoms with Gasteiger partial charge in [0.05, 0.1) is 23.8 Å². The highest BCUT2D eigenvalue weighted by atomic mass is 19.1. The molecule has 4 aromatic rings. The highest BCUT2D eigenvalue weighted by Crippen LogP contribution is 2.15. The summed E-state index contributed by atoms with van der Waals surface area (Å²) in [5, 5.41) is 0.427. The van der Waals surface area contributed by atoms with Crippen LogP contribution in [0, 0.1) is 5.82 Å². The Kier molecular flexibility index (Phi) is 7.90. The average molecular weight is 487 g/mol. The van der Waals surface area contributed by atoms with Crippen molar-refractivity contribution in [1.29, 1.82) is 0 Å². The SMILES string of the molecule is CCCN(CC(=O)N(Cc1ccc(F)cc1)Cc1coc2ccccc2c1=O)C(=O)c1ccccc1. The van der Waals surface area contributed by atoms with Gasteiger partial charge in [0.15, 0.2) is 5.43 Å². The number of hydrogen-bond acceptors (Lipinski definition) is 4. The predicted octanol–water partition coefficient (Wildman–Crippen LogP) is 5.01. The Morgan fingerprint density at radius 3 is 2.28 bits per heavy atom. The van der Waals surface area contributed by atoms with Crippen molar-refractivity contribution < 1.29 is 18.4 Å². The van der Waals surface area contributed by atoms with Crippen molar-refractivity contribution in [2.45, 2.75) is 26.4 Å². The van der Waals surface area contributed by atoms with Crippen LogP contribution in [-0.2, 0) is 17.9 Å². The van der Waals surface area contributed by atoms with Gasteiger partial charge in [-0.15, -0.1) is 0 Å². The zero-order valence-corrected chi connectivity index (χ0v) is 20.0. The van der Waals surface area contributed by atoms with Gasteiger partial charge in [-0.25, -0.2) is 4.39 Å². The largest absolute Gasteiger partial charge is 0.464 e. The van der Waals surface area contributed by atoms with Gasteiger partial charge in [-0.3, -0.25) is 14.4 Å². The van der Waals surface area contributed by atoms with Gasteiger partial charge in [-0.1, -0.05) is 49.4 Å². The molecule has 0 fully saturated rings. The van der Waals surface area contributed by atoms with E-state index < -0.39 is 0 Å². The van der Waals surface area contributed by atoms with Crippen molar-refractivity contribution in [3.05, 3.63) is 118 Å². The van der Waals surface area contributed by atoms with E-state index >= 15 is 0 Å². The van der Waals surface area contributed by atoms with Crippen LogP contribution >= 0.6 is 0 Å². The minimum absolute atomic E-state index is 0.0110. The molecule has 0 saturated heterocycles. The van der Waals surface area contributed by atoms with Crippen LogP contribution < -0.4 is 5.43 Å². The van der Waals surface area contributed by atoms with Crippen LogP contribution in [0.25, 0.3) is 11.0 Å². The Morgan fingerprint density at radius 2 is 1.56 bits per heavy atom. The third-order valence-corrected chi connectivity index (χ3v) is 5.88. The number of carbonyl (C=O) groups is 2. The van der Waals surface area contributed by atoms with Gasteiger partial charge in [0.1, 0.15) is 17.9 Å². The Labute approximate surface area is 208 Å². The smallest absolute Gasteiger partial charge is 0.254 e. The molecule has 0 radical (unpaired) electrons. The maximum atomic E-state index is 13.5. The molecule has 6 nitrogen and oxygen atoms in total. The van der Waals surface area contributed by atoms with Gasteiger partial charge in [-0.05, 0) is 48.4 Å².